The topological polar surface area (TPSA) is 21.6 Å². The third kappa shape index (κ3) is 1.66. The van der Waals surface area contributed by atoms with E-state index in [4.69, 9.17) is 0 Å². The van der Waals surface area contributed by atoms with Gasteiger partial charge < -0.3 is 0 Å². The number of hydrogen-bond acceptors (Lipinski definition) is 2. The second-order valence-electron chi connectivity index (χ2n) is 0.312. The van der Waals surface area contributed by atoms with Gasteiger partial charge in [0, 0.05) is 0 Å². The van der Waals surface area contributed by atoms with Gasteiger partial charge in [-0.2, -0.15) is 0 Å². The first kappa shape index (κ1) is 3.66. The molecule has 0 aromatic heterocycles. The Balaban J connectivity index is 2.30. The molecule has 0 bridgehead atoms. The van der Waals surface area contributed by atoms with Gasteiger partial charge in [0.25, 0.3) is 0 Å². The molecule has 0 aromatic rings. The molecule has 0 aliphatic carbocycles. The maximum absolute atomic E-state index is 4.06. The summed E-state index contributed by atoms with van der Waals surface area (Å²) in [5.74, 6) is 0. The molecular weight excluding hydrogens is 52.8 g/mol. The standard InChI is InChI=1S/CH4BNO/c1-4-3-2/h2H,1H3. The number of hydrogen-bond donors (Lipinski definition) is 0. The SMILES string of the molecule is B=NOC. The van der Waals surface area contributed by atoms with Crippen LogP contribution in [0.25, 0.3) is 0 Å². The number of nitrogens with zero attached hydrogens (tertiary/aromatic N) is 1. The van der Waals surface area contributed by atoms with Crippen molar-refractivity contribution < 1.29 is 4.84 Å². The molecule has 0 amide bonds. The summed E-state index contributed by atoms with van der Waals surface area (Å²) in [4.78, 5) is 4.06. The maximum atomic E-state index is 4.06. The van der Waals surface area contributed by atoms with Crippen molar-refractivity contribution in [1.29, 1.82) is 0 Å². The van der Waals surface area contributed by atoms with E-state index in [1.165, 1.54) is 7.11 Å². The first-order chi connectivity index (χ1) is 1.91. The summed E-state index contributed by atoms with van der Waals surface area (Å²) >= 11 is 0. The van der Waals surface area contributed by atoms with Crippen molar-refractivity contribution in [2.24, 2.45) is 5.06 Å². The van der Waals surface area contributed by atoms with Crippen LogP contribution in [-0.2, 0) is 4.84 Å². The molecule has 4 heavy (non-hydrogen) atoms. The average molecular weight is 56.9 g/mol. The quantitative estimate of drug-likeness (QED) is 0.297. The Morgan fingerprint density at radius 2 is 2.25 bits per heavy atom. The Hall–Kier alpha value is -0.335. The molecule has 3 heteroatoms. The second kappa shape index (κ2) is 2.66. The molecule has 0 saturated carbocycles. The van der Waals surface area contributed by atoms with E-state index in [2.05, 4.69) is 17.5 Å². The Bertz CT molecular complexity index is 22.0. The summed E-state index contributed by atoms with van der Waals surface area (Å²) in [6.07, 6.45) is 0. The molecule has 0 aliphatic heterocycles. The van der Waals surface area contributed by atoms with Gasteiger partial charge in [-0.1, -0.05) is 0 Å². The molecule has 0 fully saturated rings. The van der Waals surface area contributed by atoms with Crippen LogP contribution in [0, 0.1) is 0 Å². The molecule has 22 valence electrons. The minimum atomic E-state index is 1.45. The van der Waals surface area contributed by atoms with Crippen molar-refractivity contribution >= 4 is 7.64 Å². The second-order valence-corrected chi connectivity index (χ2v) is 0.312. The van der Waals surface area contributed by atoms with Gasteiger partial charge in [-0.15, -0.1) is 0 Å². The third-order valence-corrected chi connectivity index (χ3v) is 0.129. The van der Waals surface area contributed by atoms with Crippen molar-refractivity contribution in [3.63, 3.8) is 0 Å². The molecule has 0 heterocycles. The fourth-order valence-corrected chi connectivity index (χ4v) is 0. The first-order valence-electron chi connectivity index (χ1n) is 0.907. The fourth-order valence-electron chi connectivity index (χ4n) is 0. The van der Waals surface area contributed by atoms with E-state index in [1.54, 1.807) is 0 Å². The zero-order valence-electron chi connectivity index (χ0n) is 2.56. The summed E-state index contributed by atoms with van der Waals surface area (Å²) < 4.78 is 0. The van der Waals surface area contributed by atoms with E-state index in [9.17, 15) is 0 Å². The zero-order valence-corrected chi connectivity index (χ0v) is 2.56. The van der Waals surface area contributed by atoms with Gasteiger partial charge >= 0.3 is 24.6 Å². The molecule has 0 rings (SSSR count). The van der Waals surface area contributed by atoms with Gasteiger partial charge in [0.05, 0.1) is 0 Å². The molecule has 0 saturated heterocycles. The fraction of sp³-hybridized carbons (Fsp3) is 1.00. The molecule has 0 aromatic carbocycles. The van der Waals surface area contributed by atoms with Crippen LogP contribution in [0.15, 0.2) is 5.06 Å². The molecule has 2 nitrogen and oxygen atoms in total. The van der Waals surface area contributed by atoms with Gasteiger partial charge in [-0.05, 0) is 0 Å². The summed E-state index contributed by atoms with van der Waals surface area (Å²) in [5, 5.41) is 2.99. The Morgan fingerprint density at radius 1 is 2.00 bits per heavy atom. The predicted octanol–water partition coefficient (Wildman–Crippen LogP) is -0.368. The van der Waals surface area contributed by atoms with Crippen LogP contribution in [0.1, 0.15) is 0 Å². The van der Waals surface area contributed by atoms with Crippen LogP contribution >= 0.6 is 0 Å². The molecule has 0 atom stereocenters. The van der Waals surface area contributed by atoms with E-state index < -0.39 is 0 Å². The van der Waals surface area contributed by atoms with E-state index in [-0.39, 0.29) is 0 Å². The third-order valence-electron chi connectivity index (χ3n) is 0.129. The van der Waals surface area contributed by atoms with Crippen molar-refractivity contribution in [1.82, 2.24) is 0 Å². The zero-order chi connectivity index (χ0) is 3.41. The molecule has 0 radical (unpaired) electrons. The van der Waals surface area contributed by atoms with Crippen LogP contribution in [0.2, 0.25) is 0 Å². The van der Waals surface area contributed by atoms with Gasteiger partial charge in [0.15, 0.2) is 0 Å². The molecular formula is CH4BNO. The first-order valence-corrected chi connectivity index (χ1v) is 0.907. The molecule has 0 unspecified atom stereocenters. The van der Waals surface area contributed by atoms with E-state index in [1.807, 2.05) is 0 Å². The Morgan fingerprint density at radius 3 is 2.25 bits per heavy atom. The van der Waals surface area contributed by atoms with Crippen LogP contribution in [0.3, 0.4) is 0 Å². The van der Waals surface area contributed by atoms with Crippen LogP contribution in [-0.4, -0.2) is 14.7 Å². The number of rotatable bonds is 1. The summed E-state index contributed by atoms with van der Waals surface area (Å²) in [6, 6.07) is 0. The van der Waals surface area contributed by atoms with E-state index in [0.29, 0.717) is 0 Å². The van der Waals surface area contributed by atoms with Crippen molar-refractivity contribution in [3.05, 3.63) is 0 Å². The van der Waals surface area contributed by atoms with Crippen LogP contribution < -0.4 is 0 Å². The normalized spacial score (nSPS) is 5.00. The predicted molar refractivity (Wildman–Crippen MR) is 16.6 cm³/mol. The molecule has 0 spiro atoms. The van der Waals surface area contributed by atoms with Gasteiger partial charge in [-0.25, -0.2) is 0 Å². The van der Waals surface area contributed by atoms with E-state index >= 15 is 0 Å². The Kier molecular flexibility index (Phi) is 2.44. The summed E-state index contributed by atoms with van der Waals surface area (Å²) in [5.41, 5.74) is 0. The Labute approximate surface area is 25.9 Å². The average Bonchev–Trinajstić information content (AvgIpc) is 1.37. The van der Waals surface area contributed by atoms with Crippen molar-refractivity contribution in [2.45, 2.75) is 0 Å². The summed E-state index contributed by atoms with van der Waals surface area (Å²) in [7, 11) is 4.46. The monoisotopic (exact) mass is 57.0 g/mol. The van der Waals surface area contributed by atoms with E-state index in [0.717, 1.165) is 0 Å². The van der Waals surface area contributed by atoms with Crippen LogP contribution in [0.4, 0.5) is 0 Å². The van der Waals surface area contributed by atoms with Gasteiger partial charge in [-0.3, -0.25) is 0 Å². The summed E-state index contributed by atoms with van der Waals surface area (Å²) in [6.45, 7) is 0. The minimum absolute atomic E-state index is 1.45. The van der Waals surface area contributed by atoms with Crippen molar-refractivity contribution in [2.75, 3.05) is 7.11 Å². The van der Waals surface area contributed by atoms with Gasteiger partial charge in [0.1, 0.15) is 0 Å². The van der Waals surface area contributed by atoms with Gasteiger partial charge in [0.2, 0.25) is 0 Å². The van der Waals surface area contributed by atoms with Crippen LogP contribution in [0.5, 0.6) is 0 Å². The molecule has 0 N–H and O–H groups in total. The van der Waals surface area contributed by atoms with Crippen molar-refractivity contribution in [3.8, 4) is 0 Å². The molecule has 0 aliphatic rings.